The summed E-state index contributed by atoms with van der Waals surface area (Å²) < 4.78 is 5.72. The molecular formula is C21H32O3. The first kappa shape index (κ1) is 16.6. The van der Waals surface area contributed by atoms with E-state index < -0.39 is 0 Å². The number of hydrogen-bond donors (Lipinski definition) is 1. The van der Waals surface area contributed by atoms with Crippen LogP contribution < -0.4 is 0 Å². The average Bonchev–Trinajstić information content (AvgIpc) is 2.85. The molecule has 0 heterocycles. The second-order valence-corrected chi connectivity index (χ2v) is 9.35. The lowest BCUT2D eigenvalue weighted by Crippen LogP contribution is -2.57. The van der Waals surface area contributed by atoms with Gasteiger partial charge in [-0.15, -0.1) is 0 Å². The quantitative estimate of drug-likeness (QED) is 0.581. The molecule has 0 radical (unpaired) electrons. The van der Waals surface area contributed by atoms with E-state index in [9.17, 15) is 9.90 Å². The van der Waals surface area contributed by atoms with E-state index >= 15 is 0 Å². The molecule has 4 rings (SSSR count). The van der Waals surface area contributed by atoms with Crippen molar-refractivity contribution in [1.29, 1.82) is 0 Å². The van der Waals surface area contributed by atoms with Gasteiger partial charge in [0.25, 0.3) is 0 Å². The van der Waals surface area contributed by atoms with Crippen LogP contribution in [-0.4, -0.2) is 23.3 Å². The van der Waals surface area contributed by atoms with Crippen molar-refractivity contribution in [3.8, 4) is 0 Å². The standard InChI is InChI=1S/C21H32O3/c1-13(22)24-19-10-9-16-15-8-7-14-5-4-6-18(23)21(14,3)17(15)11-12-20(16,19)2/h4,6,14-19,23H,5,7-12H2,1-3H3/t14-,15+,16+,17+,18-,19+,20+,21+/m1/s1. The molecule has 134 valence electrons. The monoisotopic (exact) mass is 332 g/mol. The van der Waals surface area contributed by atoms with E-state index in [1.54, 1.807) is 6.92 Å². The lowest BCUT2D eigenvalue weighted by molar-refractivity contribution is -0.165. The van der Waals surface area contributed by atoms with Gasteiger partial charge in [-0.1, -0.05) is 26.0 Å². The van der Waals surface area contributed by atoms with Crippen molar-refractivity contribution >= 4 is 5.97 Å². The van der Waals surface area contributed by atoms with Crippen molar-refractivity contribution in [3.05, 3.63) is 12.2 Å². The molecule has 3 nitrogen and oxygen atoms in total. The number of carbonyl (C=O) groups is 1. The van der Waals surface area contributed by atoms with Crippen LogP contribution in [-0.2, 0) is 9.53 Å². The lowest BCUT2D eigenvalue weighted by atomic mass is 9.45. The zero-order valence-corrected chi connectivity index (χ0v) is 15.3. The van der Waals surface area contributed by atoms with Gasteiger partial charge in [0.2, 0.25) is 0 Å². The number of ether oxygens (including phenoxy) is 1. The summed E-state index contributed by atoms with van der Waals surface area (Å²) in [6.07, 6.45) is 12.2. The number of carbonyl (C=O) groups excluding carboxylic acids is 1. The summed E-state index contributed by atoms with van der Waals surface area (Å²) in [5, 5.41) is 10.8. The van der Waals surface area contributed by atoms with Gasteiger partial charge in [0, 0.05) is 17.8 Å². The zero-order chi connectivity index (χ0) is 17.1. The maximum absolute atomic E-state index is 11.5. The van der Waals surface area contributed by atoms with Crippen LogP contribution in [0.2, 0.25) is 0 Å². The Kier molecular flexibility index (Phi) is 3.87. The van der Waals surface area contributed by atoms with Crippen LogP contribution >= 0.6 is 0 Å². The highest BCUT2D eigenvalue weighted by Crippen LogP contribution is 2.66. The molecule has 3 fully saturated rings. The summed E-state index contributed by atoms with van der Waals surface area (Å²) in [7, 11) is 0. The Morgan fingerprint density at radius 1 is 1.12 bits per heavy atom. The van der Waals surface area contributed by atoms with Gasteiger partial charge in [-0.05, 0) is 68.6 Å². The first-order chi connectivity index (χ1) is 11.4. The third-order valence-electron chi connectivity index (χ3n) is 8.56. The lowest BCUT2D eigenvalue weighted by Gasteiger charge is -2.60. The minimum absolute atomic E-state index is 0.0402. The molecule has 0 saturated heterocycles. The molecule has 0 unspecified atom stereocenters. The fourth-order valence-electron chi connectivity index (χ4n) is 7.23. The minimum Gasteiger partial charge on any atom is -0.462 e. The van der Waals surface area contributed by atoms with Crippen molar-refractivity contribution in [2.45, 2.75) is 77.9 Å². The zero-order valence-electron chi connectivity index (χ0n) is 15.3. The maximum atomic E-state index is 11.5. The number of hydrogen-bond acceptors (Lipinski definition) is 3. The highest BCUT2D eigenvalue weighted by Gasteiger charge is 2.61. The summed E-state index contributed by atoms with van der Waals surface area (Å²) in [5.74, 6) is 2.45. The van der Waals surface area contributed by atoms with E-state index in [1.165, 1.54) is 25.7 Å². The fourth-order valence-corrected chi connectivity index (χ4v) is 7.23. The topological polar surface area (TPSA) is 46.5 Å². The third kappa shape index (κ3) is 2.16. The number of rotatable bonds is 1. The Bertz CT molecular complexity index is 555. The molecule has 4 aliphatic rings. The van der Waals surface area contributed by atoms with Gasteiger partial charge >= 0.3 is 5.97 Å². The molecule has 3 saturated carbocycles. The van der Waals surface area contributed by atoms with Gasteiger partial charge in [0.1, 0.15) is 6.10 Å². The van der Waals surface area contributed by atoms with Gasteiger partial charge in [-0.2, -0.15) is 0 Å². The first-order valence-electron chi connectivity index (χ1n) is 9.89. The largest absolute Gasteiger partial charge is 0.462 e. The summed E-state index contributed by atoms with van der Waals surface area (Å²) in [5.41, 5.74) is 0.185. The molecular weight excluding hydrogens is 300 g/mol. The molecule has 0 bridgehead atoms. The number of aliphatic hydroxyl groups is 1. The second kappa shape index (κ2) is 5.59. The number of aliphatic hydroxyl groups excluding tert-OH is 1. The average molecular weight is 332 g/mol. The molecule has 3 heteroatoms. The Hall–Kier alpha value is -0.830. The molecule has 4 aliphatic carbocycles. The molecule has 0 aromatic carbocycles. The van der Waals surface area contributed by atoms with Gasteiger partial charge in [-0.3, -0.25) is 4.79 Å². The van der Waals surface area contributed by atoms with E-state index in [0.717, 1.165) is 19.3 Å². The van der Waals surface area contributed by atoms with Crippen molar-refractivity contribution in [2.24, 2.45) is 34.5 Å². The van der Waals surface area contributed by atoms with Crippen LogP contribution in [0.3, 0.4) is 0 Å². The molecule has 0 amide bonds. The summed E-state index contributed by atoms with van der Waals surface area (Å²) in [4.78, 5) is 11.5. The summed E-state index contributed by atoms with van der Waals surface area (Å²) in [6, 6.07) is 0. The molecule has 0 aromatic heterocycles. The highest BCUT2D eigenvalue weighted by molar-refractivity contribution is 5.66. The van der Waals surface area contributed by atoms with Crippen LogP contribution in [0.15, 0.2) is 12.2 Å². The van der Waals surface area contributed by atoms with Crippen molar-refractivity contribution in [1.82, 2.24) is 0 Å². The molecule has 0 spiro atoms. The van der Waals surface area contributed by atoms with Crippen LogP contribution in [0.5, 0.6) is 0 Å². The van der Waals surface area contributed by atoms with Gasteiger partial charge in [-0.25, -0.2) is 0 Å². The first-order valence-corrected chi connectivity index (χ1v) is 9.89. The molecule has 8 atom stereocenters. The smallest absolute Gasteiger partial charge is 0.302 e. The number of esters is 1. The van der Waals surface area contributed by atoms with Gasteiger partial charge in [0.05, 0.1) is 6.10 Å². The predicted molar refractivity (Wildman–Crippen MR) is 93.2 cm³/mol. The summed E-state index contributed by atoms with van der Waals surface area (Å²) in [6.45, 7) is 6.25. The fraction of sp³-hybridized carbons (Fsp3) is 0.857. The van der Waals surface area contributed by atoms with Crippen LogP contribution in [0.1, 0.15) is 65.7 Å². The Morgan fingerprint density at radius 3 is 2.67 bits per heavy atom. The maximum Gasteiger partial charge on any atom is 0.302 e. The Balaban J connectivity index is 1.63. The second-order valence-electron chi connectivity index (χ2n) is 9.35. The Labute approximate surface area is 145 Å². The van der Waals surface area contributed by atoms with Crippen molar-refractivity contribution in [3.63, 3.8) is 0 Å². The molecule has 24 heavy (non-hydrogen) atoms. The highest BCUT2D eigenvalue weighted by atomic mass is 16.5. The van der Waals surface area contributed by atoms with Crippen LogP contribution in [0.25, 0.3) is 0 Å². The molecule has 0 aromatic rings. The van der Waals surface area contributed by atoms with E-state index in [0.29, 0.717) is 23.7 Å². The minimum atomic E-state index is -0.293. The van der Waals surface area contributed by atoms with Crippen LogP contribution in [0, 0.1) is 34.5 Å². The third-order valence-corrected chi connectivity index (χ3v) is 8.56. The van der Waals surface area contributed by atoms with Gasteiger partial charge < -0.3 is 9.84 Å². The SMILES string of the molecule is CC(=O)O[C@H]1CC[C@H]2[C@@H]3CC[C@H]4CC=C[C@@H](O)[C@]4(C)[C@H]3CC[C@]12C. The van der Waals surface area contributed by atoms with Crippen LogP contribution in [0.4, 0.5) is 0 Å². The van der Waals surface area contributed by atoms with Crippen molar-refractivity contribution in [2.75, 3.05) is 0 Å². The normalized spacial score (nSPS) is 53.0. The van der Waals surface area contributed by atoms with Crippen molar-refractivity contribution < 1.29 is 14.6 Å². The number of fused-ring (bicyclic) bond motifs is 5. The van der Waals surface area contributed by atoms with E-state index in [1.807, 2.05) is 6.08 Å². The van der Waals surface area contributed by atoms with E-state index in [4.69, 9.17) is 4.74 Å². The molecule has 1 N–H and O–H groups in total. The van der Waals surface area contributed by atoms with E-state index in [2.05, 4.69) is 19.9 Å². The summed E-state index contributed by atoms with van der Waals surface area (Å²) >= 11 is 0. The van der Waals surface area contributed by atoms with Gasteiger partial charge in [0.15, 0.2) is 0 Å². The Morgan fingerprint density at radius 2 is 1.92 bits per heavy atom. The van der Waals surface area contributed by atoms with E-state index in [-0.39, 0.29) is 29.0 Å². The number of allylic oxidation sites excluding steroid dienone is 1. The predicted octanol–water partition coefficient (Wildman–Crippen LogP) is 4.10. The molecule has 0 aliphatic heterocycles.